The van der Waals surface area contributed by atoms with E-state index in [0.29, 0.717) is 50.3 Å². The average molecular weight is 533 g/mol. The van der Waals surface area contributed by atoms with Gasteiger partial charge in [-0.05, 0) is 49.6 Å². The summed E-state index contributed by atoms with van der Waals surface area (Å²) in [5.41, 5.74) is 4.44. The highest BCUT2D eigenvalue weighted by atomic mass is 16.6. The van der Waals surface area contributed by atoms with Crippen LogP contribution >= 0.6 is 0 Å². The molecule has 10 heteroatoms. The van der Waals surface area contributed by atoms with Gasteiger partial charge in [0.15, 0.2) is 0 Å². The van der Waals surface area contributed by atoms with E-state index in [2.05, 4.69) is 22.3 Å². The topological polar surface area (TPSA) is 105 Å². The van der Waals surface area contributed by atoms with Crippen molar-refractivity contribution in [2.45, 2.75) is 64.0 Å². The highest BCUT2D eigenvalue weighted by molar-refractivity contribution is 5.77. The van der Waals surface area contributed by atoms with E-state index < -0.39 is 5.60 Å². The van der Waals surface area contributed by atoms with Crippen LogP contribution in [0, 0.1) is 0 Å². The van der Waals surface area contributed by atoms with Gasteiger partial charge in [0.05, 0.1) is 38.6 Å². The molecular formula is C29H32N4O6. The van der Waals surface area contributed by atoms with Gasteiger partial charge in [-0.1, -0.05) is 12.1 Å². The third-order valence-corrected chi connectivity index (χ3v) is 7.14. The van der Waals surface area contributed by atoms with E-state index >= 15 is 0 Å². The minimum atomic E-state index is -0.545. The monoisotopic (exact) mass is 532 g/mol. The molecule has 2 unspecified atom stereocenters. The van der Waals surface area contributed by atoms with Crippen molar-refractivity contribution < 1.29 is 28.5 Å². The summed E-state index contributed by atoms with van der Waals surface area (Å²) in [6.07, 6.45) is 2.63. The maximum atomic E-state index is 12.9. The molecule has 39 heavy (non-hydrogen) atoms. The molecule has 3 aliphatic heterocycles. The molecule has 204 valence electrons. The van der Waals surface area contributed by atoms with Gasteiger partial charge in [0.2, 0.25) is 17.6 Å². The number of carbonyl (C=O) groups excluding carboxylic acids is 1. The molecule has 2 atom stereocenters. The van der Waals surface area contributed by atoms with Crippen molar-refractivity contribution in [2.75, 3.05) is 20.3 Å². The number of fused-ring (bicyclic) bond motifs is 5. The highest BCUT2D eigenvalue weighted by Gasteiger charge is 2.44. The first-order chi connectivity index (χ1) is 18.8. The molecule has 5 heterocycles. The molecular weight excluding hydrogens is 500 g/mol. The zero-order valence-corrected chi connectivity index (χ0v) is 22.5. The zero-order valence-electron chi connectivity index (χ0n) is 22.5. The van der Waals surface area contributed by atoms with E-state index in [4.69, 9.17) is 28.7 Å². The fraction of sp³-hybridized carbons (Fsp3) is 0.448. The molecule has 0 spiro atoms. The Morgan fingerprint density at radius 1 is 1.00 bits per heavy atom. The highest BCUT2D eigenvalue weighted by Crippen LogP contribution is 2.40. The molecule has 6 rings (SSSR count). The van der Waals surface area contributed by atoms with Crippen LogP contribution in [0.25, 0.3) is 22.3 Å². The first-order valence-corrected chi connectivity index (χ1v) is 13.2. The van der Waals surface area contributed by atoms with Crippen molar-refractivity contribution in [1.29, 1.82) is 0 Å². The number of hydrogen-bond donors (Lipinski definition) is 0. The van der Waals surface area contributed by atoms with Gasteiger partial charge in [-0.2, -0.15) is 10.1 Å². The zero-order chi connectivity index (χ0) is 27.1. The molecule has 2 fully saturated rings. The van der Waals surface area contributed by atoms with Gasteiger partial charge < -0.3 is 23.7 Å². The largest absolute Gasteiger partial charge is 0.480 e. The summed E-state index contributed by atoms with van der Waals surface area (Å²) >= 11 is 0. The fourth-order valence-electron chi connectivity index (χ4n) is 5.46. The second-order valence-corrected chi connectivity index (χ2v) is 11.1. The van der Waals surface area contributed by atoms with Crippen LogP contribution in [0.5, 0.6) is 17.6 Å². The van der Waals surface area contributed by atoms with E-state index in [1.54, 1.807) is 13.3 Å². The van der Waals surface area contributed by atoms with Crippen molar-refractivity contribution in [3.8, 4) is 39.9 Å². The Morgan fingerprint density at radius 3 is 2.51 bits per heavy atom. The van der Waals surface area contributed by atoms with E-state index in [1.807, 2.05) is 49.9 Å². The minimum Gasteiger partial charge on any atom is -0.480 e. The molecule has 10 nitrogen and oxygen atoms in total. The second-order valence-electron chi connectivity index (χ2n) is 11.1. The van der Waals surface area contributed by atoms with Crippen LogP contribution < -0.4 is 14.2 Å². The van der Waals surface area contributed by atoms with Gasteiger partial charge in [0.1, 0.15) is 18.3 Å². The van der Waals surface area contributed by atoms with Crippen LogP contribution in [-0.2, 0) is 16.1 Å². The SMILES string of the molecule is COc1cc(-c2ccc3c(c2)COc2nc(OC4CC5COCC(C4)N5C(=O)OC(C)(C)C)ccc2-3)cnn1. The van der Waals surface area contributed by atoms with Crippen molar-refractivity contribution in [2.24, 2.45) is 0 Å². The Labute approximate surface area is 227 Å². The summed E-state index contributed by atoms with van der Waals surface area (Å²) in [6, 6.07) is 11.8. The summed E-state index contributed by atoms with van der Waals surface area (Å²) < 4.78 is 29.0. The van der Waals surface area contributed by atoms with E-state index in [9.17, 15) is 4.79 Å². The maximum Gasteiger partial charge on any atom is 0.410 e. The number of benzene rings is 1. The Hall–Kier alpha value is -3.92. The number of methoxy groups -OCH3 is 1. The second kappa shape index (κ2) is 10.00. The predicted molar refractivity (Wildman–Crippen MR) is 142 cm³/mol. The Kier molecular flexibility index (Phi) is 6.50. The van der Waals surface area contributed by atoms with Crippen LogP contribution in [0.1, 0.15) is 39.2 Å². The van der Waals surface area contributed by atoms with Crippen molar-refractivity contribution in [3.63, 3.8) is 0 Å². The lowest BCUT2D eigenvalue weighted by Gasteiger charge is -2.47. The predicted octanol–water partition coefficient (Wildman–Crippen LogP) is 4.65. The van der Waals surface area contributed by atoms with Crippen LogP contribution in [0.15, 0.2) is 42.6 Å². The molecule has 0 saturated carbocycles. The van der Waals surface area contributed by atoms with Crippen LogP contribution in [0.4, 0.5) is 4.79 Å². The number of ether oxygens (including phenoxy) is 5. The van der Waals surface area contributed by atoms with Gasteiger partial charge in [-0.15, -0.1) is 5.10 Å². The molecule has 0 radical (unpaired) electrons. The standard InChI is InChI=1S/C29H32N4O6/c1-29(2,3)39-28(34)33-20-11-22(12-21(33)16-36-15-20)38-25-8-7-24-23-6-5-17(9-19(23)14-37-27(24)31-25)18-10-26(35-4)32-30-13-18/h5-10,13,20-22H,11-12,14-16H2,1-4H3. The summed E-state index contributed by atoms with van der Waals surface area (Å²) in [4.78, 5) is 19.4. The van der Waals surface area contributed by atoms with Crippen LogP contribution in [0.2, 0.25) is 0 Å². The number of rotatable bonds is 4. The van der Waals surface area contributed by atoms with Crippen molar-refractivity contribution in [1.82, 2.24) is 20.1 Å². The lowest BCUT2D eigenvalue weighted by Crippen LogP contribution is -2.61. The number of aromatic nitrogens is 3. The Balaban J connectivity index is 1.17. The van der Waals surface area contributed by atoms with Crippen LogP contribution in [-0.4, -0.2) is 70.3 Å². The minimum absolute atomic E-state index is 0.0856. The number of morpholine rings is 1. The summed E-state index contributed by atoms with van der Waals surface area (Å²) in [5.74, 6) is 1.53. The molecule has 0 aliphatic carbocycles. The van der Waals surface area contributed by atoms with Gasteiger partial charge in [-0.25, -0.2) is 4.79 Å². The number of nitrogens with zero attached hydrogens (tertiary/aromatic N) is 4. The van der Waals surface area contributed by atoms with E-state index in [0.717, 1.165) is 27.8 Å². The van der Waals surface area contributed by atoms with Crippen molar-refractivity contribution in [3.05, 3.63) is 48.2 Å². The number of hydrogen-bond acceptors (Lipinski definition) is 9. The fourth-order valence-corrected chi connectivity index (χ4v) is 5.46. The van der Waals surface area contributed by atoms with Crippen LogP contribution in [0.3, 0.4) is 0 Å². The lowest BCUT2D eigenvalue weighted by atomic mass is 9.92. The van der Waals surface area contributed by atoms with Gasteiger partial charge in [0, 0.05) is 36.1 Å². The molecule has 3 aliphatic rings. The molecule has 1 aromatic carbocycles. The molecule has 2 saturated heterocycles. The number of carbonyl (C=O) groups is 1. The summed E-state index contributed by atoms with van der Waals surface area (Å²) in [5, 5.41) is 7.96. The number of pyridine rings is 1. The average Bonchev–Trinajstić information content (AvgIpc) is 2.91. The van der Waals surface area contributed by atoms with Gasteiger partial charge >= 0.3 is 6.09 Å². The van der Waals surface area contributed by atoms with E-state index in [-0.39, 0.29) is 24.3 Å². The first kappa shape index (κ1) is 25.4. The summed E-state index contributed by atoms with van der Waals surface area (Å²) in [7, 11) is 1.57. The van der Waals surface area contributed by atoms with Crippen molar-refractivity contribution >= 4 is 6.09 Å². The quantitative estimate of drug-likeness (QED) is 0.475. The summed E-state index contributed by atoms with van der Waals surface area (Å²) in [6.45, 7) is 6.98. The normalized spacial score (nSPS) is 21.7. The molecule has 3 aromatic rings. The number of piperidine rings is 1. The maximum absolute atomic E-state index is 12.9. The Bertz CT molecular complexity index is 1380. The van der Waals surface area contributed by atoms with E-state index in [1.165, 1.54) is 0 Å². The smallest absolute Gasteiger partial charge is 0.410 e. The lowest BCUT2D eigenvalue weighted by molar-refractivity contribution is -0.0998. The number of amides is 1. The molecule has 1 amide bonds. The molecule has 2 aromatic heterocycles. The third kappa shape index (κ3) is 5.21. The first-order valence-electron chi connectivity index (χ1n) is 13.2. The third-order valence-electron chi connectivity index (χ3n) is 7.14. The Morgan fingerprint density at radius 2 is 1.77 bits per heavy atom. The molecule has 2 bridgehead atoms. The molecule has 0 N–H and O–H groups in total. The van der Waals surface area contributed by atoms with Gasteiger partial charge in [0.25, 0.3) is 0 Å². The van der Waals surface area contributed by atoms with Gasteiger partial charge in [-0.3, -0.25) is 4.90 Å².